The lowest BCUT2D eigenvalue weighted by Gasteiger charge is -2.32. The van der Waals surface area contributed by atoms with Crippen molar-refractivity contribution in [3.63, 3.8) is 0 Å². The third-order valence-electron chi connectivity index (χ3n) is 6.75. The van der Waals surface area contributed by atoms with Gasteiger partial charge < -0.3 is 4.90 Å². The fourth-order valence-corrected chi connectivity index (χ4v) is 5.91. The van der Waals surface area contributed by atoms with Crippen molar-refractivity contribution in [1.82, 2.24) is 24.3 Å². The van der Waals surface area contributed by atoms with Crippen molar-refractivity contribution in [3.8, 4) is 23.3 Å². The fraction of sp³-hybridized carbons (Fsp3) is 0.296. The molecule has 0 spiro atoms. The van der Waals surface area contributed by atoms with E-state index in [0.29, 0.717) is 17.5 Å². The Balaban J connectivity index is 1.51. The number of nitriles is 2. The summed E-state index contributed by atoms with van der Waals surface area (Å²) in [7, 11) is 0. The van der Waals surface area contributed by atoms with Gasteiger partial charge in [-0.05, 0) is 38.0 Å². The molecule has 0 bridgehead atoms. The zero-order valence-corrected chi connectivity index (χ0v) is 21.0. The van der Waals surface area contributed by atoms with Gasteiger partial charge in [0.05, 0.1) is 35.1 Å². The Labute approximate surface area is 213 Å². The first-order valence-electron chi connectivity index (χ1n) is 11.9. The first-order valence-corrected chi connectivity index (χ1v) is 12.8. The first-order chi connectivity index (χ1) is 17.5. The van der Waals surface area contributed by atoms with Crippen LogP contribution in [-0.4, -0.2) is 43.3 Å². The summed E-state index contributed by atoms with van der Waals surface area (Å²) in [5, 5.41) is 28.4. The van der Waals surface area contributed by atoms with E-state index in [0.717, 1.165) is 58.1 Å². The SMILES string of the molecule is CCC(=O)N1CCC(n2ncc(-c3cc(Sc4ccccc4C#N)c4c(C#N)cnn4c3)c2C)CC1. The van der Waals surface area contributed by atoms with Crippen molar-refractivity contribution in [1.29, 1.82) is 10.5 Å². The number of carbonyl (C=O) groups is 1. The Hall–Kier alpha value is -4.08. The normalized spacial score (nSPS) is 14.1. The Bertz CT molecular complexity index is 1530. The second-order valence-corrected chi connectivity index (χ2v) is 9.90. The molecule has 4 heterocycles. The van der Waals surface area contributed by atoms with Crippen LogP contribution in [0.5, 0.6) is 0 Å². The van der Waals surface area contributed by atoms with E-state index < -0.39 is 0 Å². The number of piperidine rings is 1. The Morgan fingerprint density at radius 3 is 2.56 bits per heavy atom. The monoisotopic (exact) mass is 495 g/mol. The second-order valence-electron chi connectivity index (χ2n) is 8.82. The summed E-state index contributed by atoms with van der Waals surface area (Å²) in [6.07, 6.45) is 7.67. The third-order valence-corrected chi connectivity index (χ3v) is 7.85. The van der Waals surface area contributed by atoms with Crippen LogP contribution in [0.3, 0.4) is 0 Å². The Kier molecular flexibility index (Phi) is 6.49. The van der Waals surface area contributed by atoms with Gasteiger partial charge in [0.2, 0.25) is 5.91 Å². The molecule has 1 aromatic carbocycles. The maximum Gasteiger partial charge on any atom is 0.222 e. The molecule has 0 saturated carbocycles. The Morgan fingerprint density at radius 2 is 1.83 bits per heavy atom. The minimum atomic E-state index is 0.207. The van der Waals surface area contributed by atoms with Gasteiger partial charge in [-0.25, -0.2) is 4.52 Å². The molecular weight excluding hydrogens is 470 g/mol. The van der Waals surface area contributed by atoms with Crippen molar-refractivity contribution >= 4 is 23.2 Å². The van der Waals surface area contributed by atoms with E-state index in [4.69, 9.17) is 5.10 Å². The number of nitrogens with zero attached hydrogens (tertiary/aromatic N) is 7. The highest BCUT2D eigenvalue weighted by Crippen LogP contribution is 2.38. The molecule has 36 heavy (non-hydrogen) atoms. The van der Waals surface area contributed by atoms with Gasteiger partial charge in [0.25, 0.3) is 0 Å². The molecule has 8 nitrogen and oxygen atoms in total. The molecule has 0 atom stereocenters. The summed E-state index contributed by atoms with van der Waals surface area (Å²) in [4.78, 5) is 15.7. The number of pyridine rings is 1. The van der Waals surface area contributed by atoms with Gasteiger partial charge in [0, 0.05) is 52.3 Å². The second kappa shape index (κ2) is 9.88. The van der Waals surface area contributed by atoms with Gasteiger partial charge in [-0.15, -0.1) is 0 Å². The quantitative estimate of drug-likeness (QED) is 0.387. The predicted octanol–water partition coefficient (Wildman–Crippen LogP) is 4.97. The number of aromatic nitrogens is 4. The van der Waals surface area contributed by atoms with E-state index in [9.17, 15) is 15.3 Å². The molecule has 1 aliphatic heterocycles. The minimum absolute atomic E-state index is 0.207. The van der Waals surface area contributed by atoms with Crippen LogP contribution in [0.15, 0.2) is 58.7 Å². The average molecular weight is 496 g/mol. The molecule has 4 aromatic rings. The standard InChI is InChI=1S/C27H25N7OS/c1-3-26(35)32-10-8-22(9-11-32)34-18(2)23(16-31-34)20-12-25(27-21(14-29)15-30-33(27)17-20)36-24-7-5-4-6-19(24)13-28/h4-7,12,15-17,22H,3,8-11H2,1-2H3. The van der Waals surface area contributed by atoms with Crippen LogP contribution < -0.4 is 0 Å². The van der Waals surface area contributed by atoms with Crippen LogP contribution in [0, 0.1) is 29.6 Å². The van der Waals surface area contributed by atoms with Crippen molar-refractivity contribution in [3.05, 3.63) is 65.7 Å². The number of fused-ring (bicyclic) bond motifs is 1. The lowest BCUT2D eigenvalue weighted by molar-refractivity contribution is -0.132. The van der Waals surface area contributed by atoms with E-state index in [1.807, 2.05) is 48.5 Å². The van der Waals surface area contributed by atoms with Crippen LogP contribution in [0.4, 0.5) is 0 Å². The van der Waals surface area contributed by atoms with E-state index >= 15 is 0 Å². The summed E-state index contributed by atoms with van der Waals surface area (Å²) in [6.45, 7) is 5.47. The zero-order valence-electron chi connectivity index (χ0n) is 20.2. The average Bonchev–Trinajstić information content (AvgIpc) is 3.51. The fourth-order valence-electron chi connectivity index (χ4n) is 4.82. The summed E-state index contributed by atoms with van der Waals surface area (Å²) >= 11 is 1.46. The van der Waals surface area contributed by atoms with Gasteiger partial charge in [-0.1, -0.05) is 30.8 Å². The van der Waals surface area contributed by atoms with Gasteiger partial charge in [-0.2, -0.15) is 20.7 Å². The van der Waals surface area contributed by atoms with Gasteiger partial charge in [0.15, 0.2) is 0 Å². The minimum Gasteiger partial charge on any atom is -0.343 e. The van der Waals surface area contributed by atoms with Crippen LogP contribution in [0.2, 0.25) is 0 Å². The first kappa shape index (κ1) is 23.7. The maximum atomic E-state index is 12.1. The highest BCUT2D eigenvalue weighted by Gasteiger charge is 2.25. The van der Waals surface area contributed by atoms with Crippen LogP contribution in [0.25, 0.3) is 16.6 Å². The van der Waals surface area contributed by atoms with Gasteiger partial charge in [0.1, 0.15) is 12.1 Å². The maximum absolute atomic E-state index is 12.1. The topological polar surface area (TPSA) is 103 Å². The highest BCUT2D eigenvalue weighted by molar-refractivity contribution is 7.99. The summed E-state index contributed by atoms with van der Waals surface area (Å²) in [5.41, 5.74) is 4.77. The Morgan fingerprint density at radius 1 is 1.08 bits per heavy atom. The van der Waals surface area contributed by atoms with E-state index in [1.165, 1.54) is 11.8 Å². The van der Waals surface area contributed by atoms with Crippen LogP contribution in [0.1, 0.15) is 49.0 Å². The van der Waals surface area contributed by atoms with Crippen molar-refractivity contribution in [2.24, 2.45) is 0 Å². The lowest BCUT2D eigenvalue weighted by Crippen LogP contribution is -2.39. The molecule has 1 aliphatic rings. The highest BCUT2D eigenvalue weighted by atomic mass is 32.2. The largest absolute Gasteiger partial charge is 0.343 e. The molecule has 1 fully saturated rings. The molecule has 3 aromatic heterocycles. The zero-order chi connectivity index (χ0) is 25.2. The smallest absolute Gasteiger partial charge is 0.222 e. The molecule has 0 N–H and O–H groups in total. The van der Waals surface area contributed by atoms with Gasteiger partial charge in [-0.3, -0.25) is 9.48 Å². The van der Waals surface area contributed by atoms with Gasteiger partial charge >= 0.3 is 0 Å². The lowest BCUT2D eigenvalue weighted by atomic mass is 10.0. The number of hydrogen-bond donors (Lipinski definition) is 0. The molecular formula is C27H25N7OS. The number of hydrogen-bond acceptors (Lipinski definition) is 6. The van der Waals surface area contributed by atoms with Crippen molar-refractivity contribution in [2.45, 2.75) is 48.9 Å². The number of likely N-dealkylation sites (tertiary alicyclic amines) is 1. The van der Waals surface area contributed by atoms with Crippen LogP contribution >= 0.6 is 11.8 Å². The molecule has 0 radical (unpaired) electrons. The molecule has 0 aliphatic carbocycles. The number of carbonyl (C=O) groups excluding carboxylic acids is 1. The molecule has 1 saturated heterocycles. The molecule has 180 valence electrons. The molecule has 1 amide bonds. The summed E-state index contributed by atoms with van der Waals surface area (Å²) < 4.78 is 3.81. The number of rotatable bonds is 5. The van der Waals surface area contributed by atoms with Crippen LogP contribution in [-0.2, 0) is 4.79 Å². The summed E-state index contributed by atoms with van der Waals surface area (Å²) in [6, 6.07) is 14.2. The molecule has 5 rings (SSSR count). The third kappa shape index (κ3) is 4.23. The van der Waals surface area contributed by atoms with Crippen molar-refractivity contribution in [2.75, 3.05) is 13.1 Å². The number of benzene rings is 1. The van der Waals surface area contributed by atoms with Crippen molar-refractivity contribution < 1.29 is 4.79 Å². The van der Waals surface area contributed by atoms with E-state index in [1.54, 1.807) is 16.8 Å². The molecule has 9 heteroatoms. The summed E-state index contributed by atoms with van der Waals surface area (Å²) in [5.74, 6) is 0.207. The van der Waals surface area contributed by atoms with E-state index in [-0.39, 0.29) is 11.9 Å². The number of amides is 1. The van der Waals surface area contributed by atoms with E-state index in [2.05, 4.69) is 28.8 Å². The molecule has 0 unspecified atom stereocenters. The predicted molar refractivity (Wildman–Crippen MR) is 136 cm³/mol.